The number of aliphatic hydroxyl groups excluding tert-OH is 2. The van der Waals surface area contributed by atoms with Crippen molar-refractivity contribution in [3.8, 4) is 6.07 Å². The number of anilines is 1. The molecule has 2 aromatic rings. The van der Waals surface area contributed by atoms with Crippen LogP contribution in [0, 0.1) is 17.2 Å². The molecule has 1 aliphatic heterocycles. The van der Waals surface area contributed by atoms with Gasteiger partial charge in [0.1, 0.15) is 42.4 Å². The number of carboxylic acids is 1. The Labute approximate surface area is 154 Å². The number of aliphatic carboxylic acids is 1. The van der Waals surface area contributed by atoms with Crippen molar-refractivity contribution in [2.24, 2.45) is 5.92 Å². The fourth-order valence-corrected chi connectivity index (χ4v) is 3.20. The lowest BCUT2D eigenvalue weighted by molar-refractivity contribution is -0.143. The standard InChI is InChI=1S/C16H20N6O5/c1-7(2)10(15(25)26)21-14-11(23)12(24)16(5-17,27-14)9-4-3-8-13(18)19-6-20-22(8)9/h3-4,6-7,10-12,14,21,23-24H,1-2H3,(H,25,26)(H2,18,19,20)/t10-,11+,12-,14?,16+/m1/s1. The van der Waals surface area contributed by atoms with Crippen LogP contribution in [-0.4, -0.2) is 60.4 Å². The first kappa shape index (κ1) is 19.0. The van der Waals surface area contributed by atoms with Gasteiger partial charge in [0.2, 0.25) is 5.60 Å². The summed E-state index contributed by atoms with van der Waals surface area (Å²) in [6.45, 7) is 3.36. The van der Waals surface area contributed by atoms with Gasteiger partial charge in [0.15, 0.2) is 5.82 Å². The molecule has 3 rings (SSSR count). The maximum atomic E-state index is 11.4. The molecule has 1 fully saturated rings. The summed E-state index contributed by atoms with van der Waals surface area (Å²) in [5.74, 6) is -1.30. The molecule has 1 unspecified atom stereocenters. The van der Waals surface area contributed by atoms with E-state index in [0.29, 0.717) is 5.52 Å². The highest BCUT2D eigenvalue weighted by atomic mass is 16.6. The van der Waals surface area contributed by atoms with Gasteiger partial charge in [-0.1, -0.05) is 13.8 Å². The van der Waals surface area contributed by atoms with E-state index in [-0.39, 0.29) is 17.4 Å². The minimum Gasteiger partial charge on any atom is -0.480 e. The minimum absolute atomic E-state index is 0.140. The molecule has 0 aromatic carbocycles. The first-order valence-electron chi connectivity index (χ1n) is 8.25. The molecule has 11 nitrogen and oxygen atoms in total. The number of nitrogen functional groups attached to an aromatic ring is 1. The van der Waals surface area contributed by atoms with E-state index in [9.17, 15) is 25.4 Å². The Kier molecular flexibility index (Phi) is 4.75. The van der Waals surface area contributed by atoms with Gasteiger partial charge in [-0.15, -0.1) is 0 Å². The van der Waals surface area contributed by atoms with Crippen LogP contribution >= 0.6 is 0 Å². The van der Waals surface area contributed by atoms with Crippen LogP contribution in [0.25, 0.3) is 5.52 Å². The number of nitrogens with one attached hydrogen (secondary N) is 1. The number of aromatic nitrogens is 3. The van der Waals surface area contributed by atoms with Gasteiger partial charge in [0.25, 0.3) is 0 Å². The number of nitriles is 1. The average molecular weight is 376 g/mol. The minimum atomic E-state index is -1.98. The number of carbonyl (C=O) groups is 1. The lowest BCUT2D eigenvalue weighted by Gasteiger charge is -2.25. The average Bonchev–Trinajstić information content (AvgIpc) is 3.15. The highest BCUT2D eigenvalue weighted by Crippen LogP contribution is 2.39. The van der Waals surface area contributed by atoms with Crippen LogP contribution in [-0.2, 0) is 15.1 Å². The van der Waals surface area contributed by atoms with Gasteiger partial charge in [-0.05, 0) is 18.1 Å². The molecule has 5 atom stereocenters. The van der Waals surface area contributed by atoms with E-state index >= 15 is 0 Å². The third-order valence-electron chi connectivity index (χ3n) is 4.67. The molecule has 0 spiro atoms. The number of ether oxygens (including phenoxy) is 1. The van der Waals surface area contributed by atoms with Crippen molar-refractivity contribution in [1.82, 2.24) is 19.9 Å². The van der Waals surface area contributed by atoms with Crippen molar-refractivity contribution in [2.45, 2.75) is 43.9 Å². The number of nitrogens with zero attached hydrogens (tertiary/aromatic N) is 4. The van der Waals surface area contributed by atoms with E-state index in [1.165, 1.54) is 16.9 Å². The van der Waals surface area contributed by atoms with Gasteiger partial charge in [0.05, 0.1) is 5.69 Å². The lowest BCUT2D eigenvalue weighted by atomic mass is 9.93. The van der Waals surface area contributed by atoms with Crippen LogP contribution in [0.4, 0.5) is 5.82 Å². The van der Waals surface area contributed by atoms with E-state index in [1.807, 2.05) is 6.07 Å². The van der Waals surface area contributed by atoms with Crippen LogP contribution in [0.1, 0.15) is 19.5 Å². The maximum Gasteiger partial charge on any atom is 0.321 e. The summed E-state index contributed by atoms with van der Waals surface area (Å²) in [6.07, 6.45) is -3.30. The van der Waals surface area contributed by atoms with Crippen molar-refractivity contribution in [3.63, 3.8) is 0 Å². The van der Waals surface area contributed by atoms with E-state index in [1.54, 1.807) is 19.9 Å². The molecule has 0 aliphatic carbocycles. The van der Waals surface area contributed by atoms with E-state index in [2.05, 4.69) is 15.4 Å². The van der Waals surface area contributed by atoms with E-state index in [4.69, 9.17) is 10.5 Å². The summed E-state index contributed by atoms with van der Waals surface area (Å²) in [4.78, 5) is 15.3. The lowest BCUT2D eigenvalue weighted by Crippen LogP contribution is -2.51. The van der Waals surface area contributed by atoms with Crippen molar-refractivity contribution in [2.75, 3.05) is 5.73 Å². The number of hydrogen-bond donors (Lipinski definition) is 5. The normalized spacial score (nSPS) is 29.1. The van der Waals surface area contributed by atoms with Gasteiger partial charge in [-0.25, -0.2) is 9.50 Å². The third-order valence-corrected chi connectivity index (χ3v) is 4.67. The van der Waals surface area contributed by atoms with Gasteiger partial charge < -0.3 is 25.8 Å². The molecule has 0 saturated carbocycles. The van der Waals surface area contributed by atoms with E-state index < -0.39 is 36.0 Å². The summed E-state index contributed by atoms with van der Waals surface area (Å²) < 4.78 is 6.98. The molecule has 0 bridgehead atoms. The molecule has 0 amide bonds. The molecule has 27 heavy (non-hydrogen) atoms. The number of hydrogen-bond acceptors (Lipinski definition) is 9. The number of rotatable bonds is 5. The van der Waals surface area contributed by atoms with Gasteiger partial charge in [0, 0.05) is 0 Å². The molecule has 0 radical (unpaired) electrons. The van der Waals surface area contributed by atoms with Crippen LogP contribution < -0.4 is 11.1 Å². The molecular formula is C16H20N6O5. The molecule has 1 aliphatic rings. The van der Waals surface area contributed by atoms with Gasteiger partial charge in [-0.3, -0.25) is 10.1 Å². The Hall–Kier alpha value is -2.78. The molecule has 3 heterocycles. The predicted octanol–water partition coefficient (Wildman–Crippen LogP) is -1.19. The Morgan fingerprint density at radius 3 is 2.78 bits per heavy atom. The van der Waals surface area contributed by atoms with E-state index in [0.717, 1.165) is 0 Å². The monoisotopic (exact) mass is 376 g/mol. The smallest absolute Gasteiger partial charge is 0.321 e. The zero-order valence-corrected chi connectivity index (χ0v) is 14.6. The van der Waals surface area contributed by atoms with Gasteiger partial charge >= 0.3 is 5.97 Å². The Balaban J connectivity index is 2.02. The summed E-state index contributed by atoms with van der Waals surface area (Å²) in [5.41, 5.74) is 4.35. The largest absolute Gasteiger partial charge is 0.480 e. The molecule has 6 N–H and O–H groups in total. The van der Waals surface area contributed by atoms with Crippen LogP contribution in [0.2, 0.25) is 0 Å². The predicted molar refractivity (Wildman–Crippen MR) is 91.0 cm³/mol. The quantitative estimate of drug-likeness (QED) is 0.426. The fraction of sp³-hybridized carbons (Fsp3) is 0.500. The summed E-state index contributed by atoms with van der Waals surface area (Å²) in [5, 5.41) is 46.8. The second kappa shape index (κ2) is 6.75. The van der Waals surface area contributed by atoms with Crippen molar-refractivity contribution < 1.29 is 24.9 Å². The van der Waals surface area contributed by atoms with Crippen LogP contribution in [0.3, 0.4) is 0 Å². The second-order valence-corrected chi connectivity index (χ2v) is 6.71. The molecule has 1 saturated heterocycles. The number of aliphatic hydroxyl groups is 2. The second-order valence-electron chi connectivity index (χ2n) is 6.71. The zero-order chi connectivity index (χ0) is 19.9. The topological polar surface area (TPSA) is 179 Å². The Morgan fingerprint density at radius 1 is 1.48 bits per heavy atom. The highest BCUT2D eigenvalue weighted by molar-refractivity contribution is 5.73. The summed E-state index contributed by atoms with van der Waals surface area (Å²) >= 11 is 0. The first-order valence-corrected chi connectivity index (χ1v) is 8.25. The van der Waals surface area contributed by atoms with Crippen molar-refractivity contribution in [3.05, 3.63) is 24.2 Å². The number of carboxylic acid groups (broad SMARTS) is 1. The fourth-order valence-electron chi connectivity index (χ4n) is 3.20. The van der Waals surface area contributed by atoms with Crippen LogP contribution in [0.5, 0.6) is 0 Å². The summed E-state index contributed by atoms with van der Waals surface area (Å²) in [6, 6.07) is 3.89. The Morgan fingerprint density at radius 2 is 2.19 bits per heavy atom. The van der Waals surface area contributed by atoms with Crippen molar-refractivity contribution >= 4 is 17.3 Å². The van der Waals surface area contributed by atoms with Crippen LogP contribution in [0.15, 0.2) is 18.5 Å². The molecule has 144 valence electrons. The number of fused-ring (bicyclic) bond motifs is 1. The molecular weight excluding hydrogens is 356 g/mol. The third kappa shape index (κ3) is 2.88. The molecule has 11 heteroatoms. The zero-order valence-electron chi connectivity index (χ0n) is 14.6. The number of nitrogens with two attached hydrogens (primary N) is 1. The summed E-state index contributed by atoms with van der Waals surface area (Å²) in [7, 11) is 0. The SMILES string of the molecule is CC(C)[C@@H](NC1O[C@@](C#N)(c2ccc3c(N)ncnn23)[C@H](O)[C@@H]1O)C(=O)O. The first-order chi connectivity index (χ1) is 12.7. The Bertz CT molecular complexity index is 908. The van der Waals surface area contributed by atoms with Gasteiger partial charge in [-0.2, -0.15) is 10.4 Å². The maximum absolute atomic E-state index is 11.4. The molecule has 2 aromatic heterocycles. The highest BCUT2D eigenvalue weighted by Gasteiger charge is 2.58. The van der Waals surface area contributed by atoms with Crippen molar-refractivity contribution in [1.29, 1.82) is 5.26 Å².